The lowest BCUT2D eigenvalue weighted by Gasteiger charge is -2.28. The maximum absolute atomic E-state index is 5.87. The van der Waals surface area contributed by atoms with Crippen molar-refractivity contribution in [2.24, 2.45) is 0 Å². The Morgan fingerprint density at radius 2 is 1.95 bits per heavy atom. The predicted octanol–water partition coefficient (Wildman–Crippen LogP) is 2.93. The molecule has 1 unspecified atom stereocenters. The van der Waals surface area contributed by atoms with Crippen LogP contribution in [0.4, 0.5) is 0 Å². The Kier molecular flexibility index (Phi) is 7.00. The van der Waals surface area contributed by atoms with Crippen molar-refractivity contribution in [1.29, 1.82) is 0 Å². The molecule has 21 heavy (non-hydrogen) atoms. The van der Waals surface area contributed by atoms with Gasteiger partial charge in [-0.05, 0) is 37.1 Å². The highest BCUT2D eigenvalue weighted by molar-refractivity contribution is 5.29. The van der Waals surface area contributed by atoms with Crippen LogP contribution in [0, 0.1) is 0 Å². The van der Waals surface area contributed by atoms with Crippen LogP contribution in [0.25, 0.3) is 0 Å². The van der Waals surface area contributed by atoms with Crippen LogP contribution in [0.15, 0.2) is 24.3 Å². The number of rotatable bonds is 10. The summed E-state index contributed by atoms with van der Waals surface area (Å²) in [5.74, 6) is 0.933. The third kappa shape index (κ3) is 5.30. The minimum atomic E-state index is 0.228. The molecule has 0 saturated carbocycles. The van der Waals surface area contributed by atoms with Gasteiger partial charge in [-0.25, -0.2) is 0 Å². The average molecular weight is 293 g/mol. The van der Waals surface area contributed by atoms with E-state index in [4.69, 9.17) is 14.2 Å². The van der Waals surface area contributed by atoms with Crippen LogP contribution in [0.1, 0.15) is 38.3 Å². The van der Waals surface area contributed by atoms with E-state index in [0.717, 1.165) is 45.0 Å². The average Bonchev–Trinajstić information content (AvgIpc) is 2.47. The lowest BCUT2D eigenvalue weighted by molar-refractivity contribution is -0.133. The molecule has 2 rings (SSSR count). The zero-order valence-electron chi connectivity index (χ0n) is 13.1. The van der Waals surface area contributed by atoms with Crippen molar-refractivity contribution in [3.05, 3.63) is 29.8 Å². The largest absolute Gasteiger partial charge is 0.494 e. The van der Waals surface area contributed by atoms with Crippen molar-refractivity contribution in [3.8, 4) is 5.75 Å². The van der Waals surface area contributed by atoms with Gasteiger partial charge >= 0.3 is 0 Å². The maximum Gasteiger partial charge on any atom is 0.119 e. The van der Waals surface area contributed by atoms with Crippen LogP contribution >= 0.6 is 0 Å². The Morgan fingerprint density at radius 3 is 2.52 bits per heavy atom. The summed E-state index contributed by atoms with van der Waals surface area (Å²) in [6, 6.07) is 8.56. The Hall–Kier alpha value is -1.10. The van der Waals surface area contributed by atoms with Gasteiger partial charge in [0.2, 0.25) is 0 Å². The minimum Gasteiger partial charge on any atom is -0.494 e. The zero-order valence-corrected chi connectivity index (χ0v) is 13.1. The second-order valence-electron chi connectivity index (χ2n) is 5.42. The summed E-state index contributed by atoms with van der Waals surface area (Å²) in [6.07, 6.45) is 2.41. The van der Waals surface area contributed by atoms with E-state index >= 15 is 0 Å². The highest BCUT2D eigenvalue weighted by Crippen LogP contribution is 2.20. The third-order valence-electron chi connectivity index (χ3n) is 3.50. The molecule has 0 amide bonds. The smallest absolute Gasteiger partial charge is 0.119 e. The van der Waals surface area contributed by atoms with Crippen molar-refractivity contribution in [2.45, 2.75) is 38.8 Å². The summed E-state index contributed by atoms with van der Waals surface area (Å²) < 4.78 is 16.6. The highest BCUT2D eigenvalue weighted by atomic mass is 16.6. The van der Waals surface area contributed by atoms with E-state index in [1.807, 2.05) is 12.1 Å². The molecule has 0 aliphatic carbocycles. The van der Waals surface area contributed by atoms with E-state index in [9.17, 15) is 0 Å². The van der Waals surface area contributed by atoms with Gasteiger partial charge in [-0.3, -0.25) is 0 Å². The van der Waals surface area contributed by atoms with Gasteiger partial charge in [0.15, 0.2) is 0 Å². The van der Waals surface area contributed by atoms with Gasteiger partial charge in [-0.2, -0.15) is 0 Å². The molecule has 0 bridgehead atoms. The molecule has 1 aromatic carbocycles. The van der Waals surface area contributed by atoms with Crippen LogP contribution in [0.2, 0.25) is 0 Å². The SMILES string of the molecule is CCCNC(COC1COC1)c1ccc(OCCC)cc1. The van der Waals surface area contributed by atoms with Crippen molar-refractivity contribution in [3.63, 3.8) is 0 Å². The third-order valence-corrected chi connectivity index (χ3v) is 3.50. The van der Waals surface area contributed by atoms with Gasteiger partial charge in [-0.1, -0.05) is 26.0 Å². The predicted molar refractivity (Wildman–Crippen MR) is 83.8 cm³/mol. The fraction of sp³-hybridized carbons (Fsp3) is 0.647. The minimum absolute atomic E-state index is 0.228. The topological polar surface area (TPSA) is 39.7 Å². The molecular weight excluding hydrogens is 266 g/mol. The van der Waals surface area contributed by atoms with Crippen molar-refractivity contribution in [1.82, 2.24) is 5.32 Å². The van der Waals surface area contributed by atoms with Gasteiger partial charge in [-0.15, -0.1) is 0 Å². The Labute approximate surface area is 127 Å². The van der Waals surface area contributed by atoms with E-state index in [2.05, 4.69) is 31.3 Å². The first-order valence-corrected chi connectivity index (χ1v) is 7.99. The molecule has 0 aromatic heterocycles. The fourth-order valence-electron chi connectivity index (χ4n) is 2.15. The van der Waals surface area contributed by atoms with E-state index in [0.29, 0.717) is 6.61 Å². The second-order valence-corrected chi connectivity index (χ2v) is 5.42. The second kappa shape index (κ2) is 9.03. The summed E-state index contributed by atoms with van der Waals surface area (Å²) >= 11 is 0. The number of hydrogen-bond acceptors (Lipinski definition) is 4. The lowest BCUT2D eigenvalue weighted by atomic mass is 10.1. The molecule has 1 aliphatic rings. The van der Waals surface area contributed by atoms with Crippen molar-refractivity contribution < 1.29 is 14.2 Å². The van der Waals surface area contributed by atoms with Crippen LogP contribution in [0.3, 0.4) is 0 Å². The number of benzene rings is 1. The molecule has 1 heterocycles. The molecule has 1 aromatic rings. The molecule has 1 fully saturated rings. The Bertz CT molecular complexity index is 390. The first-order chi connectivity index (χ1) is 10.3. The van der Waals surface area contributed by atoms with E-state index < -0.39 is 0 Å². The molecule has 1 atom stereocenters. The van der Waals surface area contributed by atoms with Crippen LogP contribution in [0.5, 0.6) is 5.75 Å². The van der Waals surface area contributed by atoms with Crippen molar-refractivity contribution >= 4 is 0 Å². The van der Waals surface area contributed by atoms with E-state index in [-0.39, 0.29) is 12.1 Å². The summed E-state index contributed by atoms with van der Waals surface area (Å²) in [4.78, 5) is 0. The summed E-state index contributed by atoms with van der Waals surface area (Å²) in [5, 5.41) is 3.55. The zero-order chi connectivity index (χ0) is 14.9. The van der Waals surface area contributed by atoms with Gasteiger partial charge in [0.05, 0.1) is 32.5 Å². The summed E-state index contributed by atoms with van der Waals surface area (Å²) in [6.45, 7) is 8.18. The number of hydrogen-bond donors (Lipinski definition) is 1. The molecular formula is C17H27NO3. The van der Waals surface area contributed by atoms with E-state index in [1.54, 1.807) is 0 Å². The molecule has 4 heteroatoms. The molecule has 1 N–H and O–H groups in total. The molecule has 0 radical (unpaired) electrons. The Balaban J connectivity index is 1.90. The highest BCUT2D eigenvalue weighted by Gasteiger charge is 2.21. The maximum atomic E-state index is 5.87. The lowest BCUT2D eigenvalue weighted by Crippen LogP contribution is -2.38. The normalized spacial score (nSPS) is 16.5. The quantitative estimate of drug-likeness (QED) is 0.720. The molecule has 4 nitrogen and oxygen atoms in total. The van der Waals surface area contributed by atoms with Gasteiger partial charge < -0.3 is 19.5 Å². The first-order valence-electron chi connectivity index (χ1n) is 7.99. The number of ether oxygens (including phenoxy) is 3. The van der Waals surface area contributed by atoms with Gasteiger partial charge in [0, 0.05) is 0 Å². The monoisotopic (exact) mass is 293 g/mol. The number of nitrogens with one attached hydrogen (secondary N) is 1. The Morgan fingerprint density at radius 1 is 1.19 bits per heavy atom. The standard InChI is InChI=1S/C17H27NO3/c1-3-9-18-17(13-21-16-11-19-12-16)14-5-7-15(8-6-14)20-10-4-2/h5-8,16-18H,3-4,9-13H2,1-2H3. The van der Waals surface area contributed by atoms with Gasteiger partial charge in [0.1, 0.15) is 11.9 Å². The molecule has 1 aliphatic heterocycles. The van der Waals surface area contributed by atoms with Gasteiger partial charge in [0.25, 0.3) is 0 Å². The van der Waals surface area contributed by atoms with E-state index in [1.165, 1.54) is 5.56 Å². The van der Waals surface area contributed by atoms with Crippen molar-refractivity contribution in [2.75, 3.05) is 33.0 Å². The summed E-state index contributed by atoms with van der Waals surface area (Å²) in [5.41, 5.74) is 1.24. The fourth-order valence-corrected chi connectivity index (χ4v) is 2.15. The molecule has 0 spiro atoms. The molecule has 118 valence electrons. The first kappa shape index (κ1) is 16.3. The van der Waals surface area contributed by atoms with Crippen LogP contribution in [-0.2, 0) is 9.47 Å². The van der Waals surface area contributed by atoms with Crippen LogP contribution < -0.4 is 10.1 Å². The van der Waals surface area contributed by atoms with Crippen LogP contribution in [-0.4, -0.2) is 39.1 Å². The summed E-state index contributed by atoms with van der Waals surface area (Å²) in [7, 11) is 0. The molecule has 1 saturated heterocycles.